The molecule has 1 saturated heterocycles. The van der Waals surface area contributed by atoms with Gasteiger partial charge in [0, 0.05) is 19.2 Å². The van der Waals surface area contributed by atoms with Crippen LogP contribution < -0.4 is 5.32 Å². The first-order valence-corrected chi connectivity index (χ1v) is 5.31. The fourth-order valence-corrected chi connectivity index (χ4v) is 1.73. The molecule has 0 aliphatic carbocycles. The molecule has 1 aromatic rings. The number of nitrogens with zero attached hydrogens (tertiary/aromatic N) is 1. The second kappa shape index (κ2) is 4.61. The zero-order chi connectivity index (χ0) is 13.2. The van der Waals surface area contributed by atoms with Gasteiger partial charge in [0.15, 0.2) is 5.54 Å². The molecule has 7 heteroatoms. The predicted octanol–water partition coefficient (Wildman–Crippen LogP) is -0.239. The fourth-order valence-electron chi connectivity index (χ4n) is 1.73. The third-order valence-corrected chi connectivity index (χ3v) is 2.77. The van der Waals surface area contributed by atoms with Gasteiger partial charge in [0.25, 0.3) is 5.91 Å². The monoisotopic (exact) mass is 252 g/mol. The van der Waals surface area contributed by atoms with Crippen molar-refractivity contribution in [3.8, 4) is 5.75 Å². The van der Waals surface area contributed by atoms with Crippen molar-refractivity contribution in [3.05, 3.63) is 24.0 Å². The van der Waals surface area contributed by atoms with E-state index in [0.717, 1.165) is 0 Å². The summed E-state index contributed by atoms with van der Waals surface area (Å²) < 4.78 is 5.02. The summed E-state index contributed by atoms with van der Waals surface area (Å²) in [6, 6.07) is 1.22. The number of aliphatic carboxylic acids is 1. The topological polar surface area (TPSA) is 109 Å². The molecule has 0 spiro atoms. The van der Waals surface area contributed by atoms with E-state index in [4.69, 9.17) is 9.84 Å². The van der Waals surface area contributed by atoms with E-state index >= 15 is 0 Å². The minimum Gasteiger partial charge on any atom is -0.506 e. The number of aromatic hydroxyl groups is 1. The van der Waals surface area contributed by atoms with Crippen LogP contribution in [0.2, 0.25) is 0 Å². The van der Waals surface area contributed by atoms with Gasteiger partial charge in [-0.1, -0.05) is 0 Å². The van der Waals surface area contributed by atoms with Crippen molar-refractivity contribution >= 4 is 11.9 Å². The molecule has 2 rings (SSSR count). The zero-order valence-electron chi connectivity index (χ0n) is 9.42. The first-order valence-electron chi connectivity index (χ1n) is 5.31. The molecule has 1 aromatic heterocycles. The van der Waals surface area contributed by atoms with Gasteiger partial charge in [0.05, 0.1) is 18.4 Å². The molecule has 0 saturated carbocycles. The van der Waals surface area contributed by atoms with Gasteiger partial charge in [-0.05, 0) is 6.07 Å². The van der Waals surface area contributed by atoms with E-state index < -0.39 is 17.4 Å². The average molecular weight is 252 g/mol. The summed E-state index contributed by atoms with van der Waals surface area (Å²) in [6.07, 6.45) is 2.64. The molecule has 1 aliphatic heterocycles. The lowest BCUT2D eigenvalue weighted by atomic mass is 9.98. The molecule has 1 aliphatic rings. The van der Waals surface area contributed by atoms with Crippen LogP contribution in [0.5, 0.6) is 5.75 Å². The lowest BCUT2D eigenvalue weighted by Gasteiger charge is -2.23. The number of carboxylic acid groups (broad SMARTS) is 1. The molecule has 2 heterocycles. The molecule has 1 amide bonds. The van der Waals surface area contributed by atoms with Crippen molar-refractivity contribution in [3.63, 3.8) is 0 Å². The van der Waals surface area contributed by atoms with Crippen molar-refractivity contribution in [1.82, 2.24) is 10.3 Å². The first kappa shape index (κ1) is 12.3. The van der Waals surface area contributed by atoms with Gasteiger partial charge >= 0.3 is 5.97 Å². The third kappa shape index (κ3) is 2.25. The van der Waals surface area contributed by atoms with E-state index in [9.17, 15) is 14.7 Å². The van der Waals surface area contributed by atoms with Gasteiger partial charge in [-0.25, -0.2) is 4.79 Å². The molecule has 0 aromatic carbocycles. The quantitative estimate of drug-likeness (QED) is 0.685. The molecular formula is C11H12N2O5. The van der Waals surface area contributed by atoms with E-state index in [-0.39, 0.29) is 30.9 Å². The molecule has 1 atom stereocenters. The summed E-state index contributed by atoms with van der Waals surface area (Å²) in [5, 5.41) is 20.8. The summed E-state index contributed by atoms with van der Waals surface area (Å²) in [4.78, 5) is 26.7. The summed E-state index contributed by atoms with van der Waals surface area (Å²) in [7, 11) is 0. The fraction of sp³-hybridized carbons (Fsp3) is 0.364. The van der Waals surface area contributed by atoms with Gasteiger partial charge in [-0.2, -0.15) is 0 Å². The summed E-state index contributed by atoms with van der Waals surface area (Å²) in [5.74, 6) is -1.90. The van der Waals surface area contributed by atoms with Gasteiger partial charge in [-0.3, -0.25) is 9.78 Å². The maximum Gasteiger partial charge on any atom is 0.331 e. The number of carbonyl (C=O) groups is 2. The van der Waals surface area contributed by atoms with E-state index in [1.54, 1.807) is 0 Å². The summed E-state index contributed by atoms with van der Waals surface area (Å²) in [6.45, 7) is 0.213. The molecule has 96 valence electrons. The van der Waals surface area contributed by atoms with Gasteiger partial charge in [0.2, 0.25) is 0 Å². The number of carbonyl (C=O) groups excluding carboxylic acids is 1. The minimum atomic E-state index is -1.40. The van der Waals surface area contributed by atoms with Crippen molar-refractivity contribution < 1.29 is 24.5 Å². The number of amides is 1. The minimum absolute atomic E-state index is 0.0691. The van der Waals surface area contributed by atoms with E-state index in [2.05, 4.69) is 10.3 Å². The van der Waals surface area contributed by atoms with E-state index in [0.29, 0.717) is 0 Å². The Morgan fingerprint density at radius 3 is 2.78 bits per heavy atom. The highest BCUT2D eigenvalue weighted by molar-refractivity contribution is 5.98. The number of carboxylic acids is 1. The number of hydrogen-bond donors (Lipinski definition) is 3. The van der Waals surface area contributed by atoms with Crippen LogP contribution in [-0.4, -0.2) is 45.8 Å². The highest BCUT2D eigenvalue weighted by atomic mass is 16.5. The third-order valence-electron chi connectivity index (χ3n) is 2.77. The van der Waals surface area contributed by atoms with Crippen LogP contribution in [0.1, 0.15) is 16.8 Å². The smallest absolute Gasteiger partial charge is 0.331 e. The molecule has 3 N–H and O–H groups in total. The molecule has 7 nitrogen and oxygen atoms in total. The number of nitrogens with one attached hydrogen (secondary N) is 1. The molecule has 1 fully saturated rings. The molecule has 1 unspecified atom stereocenters. The van der Waals surface area contributed by atoms with Gasteiger partial charge < -0.3 is 20.3 Å². The number of ether oxygens (including phenoxy) is 1. The predicted molar refractivity (Wildman–Crippen MR) is 59.2 cm³/mol. The number of aromatic nitrogens is 1. The highest BCUT2D eigenvalue weighted by Crippen LogP contribution is 2.20. The Morgan fingerprint density at radius 2 is 2.22 bits per heavy atom. The standard InChI is InChI=1S/C11H12N2O5/c14-8-3-7(4-12-5-8)9(15)13-11(10(16)17)1-2-18-6-11/h3-5,14H,1-2,6H2,(H,13,15)(H,16,17). The Morgan fingerprint density at radius 1 is 1.44 bits per heavy atom. The zero-order valence-corrected chi connectivity index (χ0v) is 9.42. The maximum atomic E-state index is 11.9. The highest BCUT2D eigenvalue weighted by Gasteiger charge is 2.44. The van der Waals surface area contributed by atoms with Crippen LogP contribution in [0.15, 0.2) is 18.5 Å². The summed E-state index contributed by atoms with van der Waals surface area (Å²) >= 11 is 0. The van der Waals surface area contributed by atoms with Crippen LogP contribution in [-0.2, 0) is 9.53 Å². The largest absolute Gasteiger partial charge is 0.506 e. The van der Waals surface area contributed by atoms with Crippen LogP contribution in [0, 0.1) is 0 Å². The molecule has 0 bridgehead atoms. The van der Waals surface area contributed by atoms with Gasteiger partial charge in [-0.15, -0.1) is 0 Å². The van der Waals surface area contributed by atoms with E-state index in [1.807, 2.05) is 0 Å². The Kier molecular flexibility index (Phi) is 3.15. The van der Waals surface area contributed by atoms with E-state index in [1.165, 1.54) is 18.5 Å². The van der Waals surface area contributed by atoms with Crippen molar-refractivity contribution in [2.24, 2.45) is 0 Å². The van der Waals surface area contributed by atoms with Crippen LogP contribution in [0.4, 0.5) is 0 Å². The molecular weight excluding hydrogens is 240 g/mol. The van der Waals surface area contributed by atoms with Crippen LogP contribution in [0.25, 0.3) is 0 Å². The van der Waals surface area contributed by atoms with Gasteiger partial charge in [0.1, 0.15) is 5.75 Å². The SMILES string of the molecule is O=C(NC1(C(=O)O)CCOC1)c1cncc(O)c1. The first-order chi connectivity index (χ1) is 8.53. The number of pyridine rings is 1. The van der Waals surface area contributed by atoms with Crippen LogP contribution >= 0.6 is 0 Å². The number of hydrogen-bond acceptors (Lipinski definition) is 5. The Bertz CT molecular complexity index is 482. The van der Waals surface area contributed by atoms with Crippen LogP contribution in [0.3, 0.4) is 0 Å². The number of rotatable bonds is 3. The van der Waals surface area contributed by atoms with Crippen molar-refractivity contribution in [2.45, 2.75) is 12.0 Å². The summed E-state index contributed by atoms with van der Waals surface area (Å²) in [5.41, 5.74) is -1.30. The Hall–Kier alpha value is -2.15. The Balaban J connectivity index is 2.18. The van der Waals surface area contributed by atoms with Crippen molar-refractivity contribution in [1.29, 1.82) is 0 Å². The normalized spacial score (nSPS) is 22.7. The lowest BCUT2D eigenvalue weighted by Crippen LogP contribution is -2.55. The molecule has 0 radical (unpaired) electrons. The second-order valence-electron chi connectivity index (χ2n) is 4.08. The second-order valence-corrected chi connectivity index (χ2v) is 4.08. The Labute approximate surface area is 102 Å². The lowest BCUT2D eigenvalue weighted by molar-refractivity contribution is -0.144. The average Bonchev–Trinajstić information content (AvgIpc) is 2.79. The molecule has 18 heavy (non-hydrogen) atoms. The maximum absolute atomic E-state index is 11.9. The van der Waals surface area contributed by atoms with Crippen molar-refractivity contribution in [2.75, 3.05) is 13.2 Å².